The fraction of sp³-hybridized carbons (Fsp3) is 0.409. The van der Waals surface area contributed by atoms with Crippen molar-refractivity contribution in [3.8, 4) is 17.2 Å². The quantitative estimate of drug-likeness (QED) is 0.734. The minimum atomic E-state index is -0.280. The first-order chi connectivity index (χ1) is 12.9. The standard InChI is InChI=1S/C22H29NO4/c1-14(2)11-16-7-9-17(10-8-16)15(3)22(24)23-18-12-19(25-4)21(27-6)20(13-18)26-5/h7-10,12-15H,11H2,1-6H3,(H,23,24). The molecule has 0 fully saturated rings. The molecule has 0 spiro atoms. The minimum absolute atomic E-state index is 0.0964. The normalized spacial score (nSPS) is 11.8. The molecule has 146 valence electrons. The third-order valence-electron chi connectivity index (χ3n) is 4.45. The van der Waals surface area contributed by atoms with E-state index in [-0.39, 0.29) is 11.8 Å². The van der Waals surface area contributed by atoms with E-state index in [1.54, 1.807) is 33.5 Å². The summed E-state index contributed by atoms with van der Waals surface area (Å²) < 4.78 is 16.0. The van der Waals surface area contributed by atoms with E-state index >= 15 is 0 Å². The van der Waals surface area contributed by atoms with Crippen molar-refractivity contribution in [3.05, 3.63) is 47.5 Å². The molecule has 0 aliphatic rings. The number of ether oxygens (including phenoxy) is 3. The van der Waals surface area contributed by atoms with Gasteiger partial charge in [-0.1, -0.05) is 38.1 Å². The van der Waals surface area contributed by atoms with Crippen molar-refractivity contribution >= 4 is 11.6 Å². The fourth-order valence-corrected chi connectivity index (χ4v) is 2.97. The molecule has 0 radical (unpaired) electrons. The van der Waals surface area contributed by atoms with Crippen LogP contribution in [0.25, 0.3) is 0 Å². The van der Waals surface area contributed by atoms with E-state index in [4.69, 9.17) is 14.2 Å². The van der Waals surface area contributed by atoms with Crippen LogP contribution in [0.4, 0.5) is 5.69 Å². The van der Waals surface area contributed by atoms with E-state index < -0.39 is 0 Å². The Bertz CT molecular complexity index is 743. The van der Waals surface area contributed by atoms with Gasteiger partial charge in [0.05, 0.1) is 27.2 Å². The number of benzene rings is 2. The van der Waals surface area contributed by atoms with Gasteiger partial charge in [-0.05, 0) is 30.4 Å². The van der Waals surface area contributed by atoms with Crippen molar-refractivity contribution in [2.45, 2.75) is 33.1 Å². The zero-order valence-corrected chi connectivity index (χ0v) is 17.0. The Kier molecular flexibility index (Phi) is 7.11. The topological polar surface area (TPSA) is 56.8 Å². The van der Waals surface area contributed by atoms with Gasteiger partial charge in [0.1, 0.15) is 0 Å². The van der Waals surface area contributed by atoms with Gasteiger partial charge in [0.15, 0.2) is 11.5 Å². The van der Waals surface area contributed by atoms with Crippen LogP contribution in [0.15, 0.2) is 36.4 Å². The Balaban J connectivity index is 2.16. The molecule has 0 aliphatic heterocycles. The number of anilines is 1. The minimum Gasteiger partial charge on any atom is -0.493 e. The number of carbonyl (C=O) groups excluding carboxylic acids is 1. The van der Waals surface area contributed by atoms with Gasteiger partial charge in [0.25, 0.3) is 0 Å². The lowest BCUT2D eigenvalue weighted by atomic mass is 9.96. The molecule has 1 unspecified atom stereocenters. The summed E-state index contributed by atoms with van der Waals surface area (Å²) in [7, 11) is 4.64. The largest absolute Gasteiger partial charge is 0.493 e. The summed E-state index contributed by atoms with van der Waals surface area (Å²) in [6.45, 7) is 6.29. The van der Waals surface area contributed by atoms with Gasteiger partial charge in [-0.25, -0.2) is 0 Å². The number of amides is 1. The first kappa shape index (κ1) is 20.6. The maximum Gasteiger partial charge on any atom is 0.231 e. The zero-order valence-electron chi connectivity index (χ0n) is 17.0. The zero-order chi connectivity index (χ0) is 20.0. The van der Waals surface area contributed by atoms with Crippen molar-refractivity contribution in [1.29, 1.82) is 0 Å². The maximum atomic E-state index is 12.7. The highest BCUT2D eigenvalue weighted by Crippen LogP contribution is 2.40. The fourth-order valence-electron chi connectivity index (χ4n) is 2.97. The van der Waals surface area contributed by atoms with Gasteiger partial charge in [-0.2, -0.15) is 0 Å². The smallest absolute Gasteiger partial charge is 0.231 e. The Morgan fingerprint density at radius 1 is 0.926 bits per heavy atom. The number of rotatable bonds is 8. The predicted molar refractivity (Wildman–Crippen MR) is 108 cm³/mol. The van der Waals surface area contributed by atoms with Crippen molar-refractivity contribution in [2.24, 2.45) is 5.92 Å². The summed E-state index contributed by atoms with van der Waals surface area (Å²) in [5.41, 5.74) is 2.86. The number of hydrogen-bond donors (Lipinski definition) is 1. The van der Waals surface area contributed by atoms with E-state index in [1.807, 2.05) is 19.1 Å². The van der Waals surface area contributed by atoms with Crippen molar-refractivity contribution in [2.75, 3.05) is 26.6 Å². The first-order valence-electron chi connectivity index (χ1n) is 9.09. The molecule has 0 bridgehead atoms. The number of carbonyl (C=O) groups is 1. The van der Waals surface area contributed by atoms with E-state index in [0.29, 0.717) is 28.9 Å². The molecular weight excluding hydrogens is 342 g/mol. The molecule has 0 saturated heterocycles. The molecule has 1 amide bonds. The predicted octanol–water partition coefficient (Wildman–Crippen LogP) is 4.65. The highest BCUT2D eigenvalue weighted by atomic mass is 16.5. The molecule has 0 aliphatic carbocycles. The van der Waals surface area contributed by atoms with Crippen LogP contribution in [0.1, 0.15) is 37.8 Å². The van der Waals surface area contributed by atoms with E-state index in [0.717, 1.165) is 12.0 Å². The molecular formula is C22H29NO4. The van der Waals surface area contributed by atoms with Crippen LogP contribution in [0.2, 0.25) is 0 Å². The summed E-state index contributed by atoms with van der Waals surface area (Å²) in [4.78, 5) is 12.7. The van der Waals surface area contributed by atoms with E-state index in [1.165, 1.54) is 5.56 Å². The second-order valence-corrected chi connectivity index (χ2v) is 6.96. The summed E-state index contributed by atoms with van der Waals surface area (Å²) >= 11 is 0. The van der Waals surface area contributed by atoms with E-state index in [2.05, 4.69) is 31.3 Å². The molecule has 2 aromatic carbocycles. The number of methoxy groups -OCH3 is 3. The summed E-state index contributed by atoms with van der Waals surface area (Å²) in [5, 5.41) is 2.93. The summed E-state index contributed by atoms with van der Waals surface area (Å²) in [5.74, 6) is 1.72. The monoisotopic (exact) mass is 371 g/mol. The third kappa shape index (κ3) is 5.16. The maximum absolute atomic E-state index is 12.7. The Labute approximate surface area is 161 Å². The van der Waals surface area contributed by atoms with Crippen LogP contribution < -0.4 is 19.5 Å². The lowest BCUT2D eigenvalue weighted by Gasteiger charge is -2.17. The van der Waals surface area contributed by atoms with Crippen molar-refractivity contribution in [1.82, 2.24) is 0 Å². The van der Waals surface area contributed by atoms with Crippen LogP contribution in [0, 0.1) is 5.92 Å². The summed E-state index contributed by atoms with van der Waals surface area (Å²) in [6, 6.07) is 11.7. The van der Waals surface area contributed by atoms with Gasteiger partial charge >= 0.3 is 0 Å². The average molecular weight is 371 g/mol. The highest BCUT2D eigenvalue weighted by Gasteiger charge is 2.18. The Morgan fingerprint density at radius 2 is 1.48 bits per heavy atom. The van der Waals surface area contributed by atoms with Gasteiger partial charge in [-0.15, -0.1) is 0 Å². The van der Waals surface area contributed by atoms with Crippen LogP contribution in [-0.2, 0) is 11.2 Å². The van der Waals surface area contributed by atoms with Crippen LogP contribution >= 0.6 is 0 Å². The molecule has 5 heteroatoms. The molecule has 0 heterocycles. The Morgan fingerprint density at radius 3 is 1.93 bits per heavy atom. The lowest BCUT2D eigenvalue weighted by molar-refractivity contribution is -0.117. The van der Waals surface area contributed by atoms with E-state index in [9.17, 15) is 4.79 Å². The van der Waals surface area contributed by atoms with Crippen molar-refractivity contribution < 1.29 is 19.0 Å². The molecule has 1 N–H and O–H groups in total. The molecule has 27 heavy (non-hydrogen) atoms. The molecule has 0 aromatic heterocycles. The second kappa shape index (κ2) is 9.31. The molecule has 1 atom stereocenters. The second-order valence-electron chi connectivity index (χ2n) is 6.96. The van der Waals surface area contributed by atoms with Crippen LogP contribution in [0.3, 0.4) is 0 Å². The highest BCUT2D eigenvalue weighted by molar-refractivity contribution is 5.96. The van der Waals surface area contributed by atoms with Crippen molar-refractivity contribution in [3.63, 3.8) is 0 Å². The van der Waals surface area contributed by atoms with Crippen LogP contribution in [0.5, 0.6) is 17.2 Å². The number of hydrogen-bond acceptors (Lipinski definition) is 4. The van der Waals surface area contributed by atoms with Crippen LogP contribution in [-0.4, -0.2) is 27.2 Å². The van der Waals surface area contributed by atoms with Gasteiger partial charge < -0.3 is 19.5 Å². The van der Waals surface area contributed by atoms with Gasteiger partial charge in [0, 0.05) is 17.8 Å². The SMILES string of the molecule is COc1cc(NC(=O)C(C)c2ccc(CC(C)C)cc2)cc(OC)c1OC. The average Bonchev–Trinajstić information content (AvgIpc) is 2.66. The molecule has 2 rings (SSSR count). The summed E-state index contributed by atoms with van der Waals surface area (Å²) in [6.07, 6.45) is 1.03. The van der Waals surface area contributed by atoms with Gasteiger partial charge in [-0.3, -0.25) is 4.79 Å². The molecule has 2 aromatic rings. The van der Waals surface area contributed by atoms with Gasteiger partial charge in [0.2, 0.25) is 11.7 Å². The lowest BCUT2D eigenvalue weighted by Crippen LogP contribution is -2.19. The molecule has 5 nitrogen and oxygen atoms in total. The third-order valence-corrected chi connectivity index (χ3v) is 4.45. The molecule has 0 saturated carbocycles. The first-order valence-corrected chi connectivity index (χ1v) is 9.09. The number of nitrogens with one attached hydrogen (secondary N) is 1. The Hall–Kier alpha value is -2.69.